The summed E-state index contributed by atoms with van der Waals surface area (Å²) < 4.78 is 0. The van der Waals surface area contributed by atoms with Gasteiger partial charge in [0.1, 0.15) is 0 Å². The average Bonchev–Trinajstić information content (AvgIpc) is 2.91. The molecule has 0 heterocycles. The van der Waals surface area contributed by atoms with E-state index < -0.39 is 0 Å². The Bertz CT molecular complexity index is 362. The lowest BCUT2D eigenvalue weighted by molar-refractivity contribution is 0.254. The molecule has 0 aromatic heterocycles. The highest BCUT2D eigenvalue weighted by Gasteiger charge is 2.05. The maximum atomic E-state index is 8.84. The van der Waals surface area contributed by atoms with E-state index in [9.17, 15) is 0 Å². The van der Waals surface area contributed by atoms with Crippen molar-refractivity contribution >= 4 is 0 Å². The molecule has 0 bridgehead atoms. The van der Waals surface area contributed by atoms with Crippen molar-refractivity contribution in [3.63, 3.8) is 0 Å². The summed E-state index contributed by atoms with van der Waals surface area (Å²) in [5.41, 5.74) is 0. The van der Waals surface area contributed by atoms with E-state index >= 15 is 0 Å². The molecule has 0 aliphatic carbocycles. The first-order valence-electron chi connectivity index (χ1n) is 17.3. The zero-order chi connectivity index (χ0) is 26.9. The SMILES string of the molecule is CCCCCCCCN(CCCCCCCCCCCCCO)CCCCCCCCCCCCCO. The van der Waals surface area contributed by atoms with E-state index in [0.717, 1.165) is 12.8 Å². The average molecular weight is 526 g/mol. The molecule has 0 fully saturated rings. The Kier molecular flexibility index (Phi) is 33.8. The van der Waals surface area contributed by atoms with Crippen molar-refractivity contribution in [1.29, 1.82) is 0 Å². The van der Waals surface area contributed by atoms with E-state index in [4.69, 9.17) is 10.2 Å². The summed E-state index contributed by atoms with van der Waals surface area (Å²) in [7, 11) is 0. The van der Waals surface area contributed by atoms with Crippen LogP contribution in [0, 0.1) is 0 Å². The van der Waals surface area contributed by atoms with E-state index in [2.05, 4.69) is 11.8 Å². The van der Waals surface area contributed by atoms with Crippen LogP contribution in [0.25, 0.3) is 0 Å². The first-order chi connectivity index (χ1) is 18.3. The van der Waals surface area contributed by atoms with Gasteiger partial charge in [-0.1, -0.05) is 155 Å². The smallest absolute Gasteiger partial charge is 0.0431 e. The molecule has 0 aromatic carbocycles. The van der Waals surface area contributed by atoms with Crippen molar-refractivity contribution in [2.24, 2.45) is 0 Å². The first-order valence-corrected chi connectivity index (χ1v) is 17.3. The van der Waals surface area contributed by atoms with Crippen LogP contribution in [0.1, 0.15) is 187 Å². The summed E-state index contributed by atoms with van der Waals surface area (Å²) in [6, 6.07) is 0. The van der Waals surface area contributed by atoms with Crippen molar-refractivity contribution < 1.29 is 10.2 Å². The molecule has 37 heavy (non-hydrogen) atoms. The second-order valence-corrected chi connectivity index (χ2v) is 11.8. The molecule has 0 saturated heterocycles. The third kappa shape index (κ3) is 32.0. The quantitative estimate of drug-likeness (QED) is 0.0837. The van der Waals surface area contributed by atoms with Gasteiger partial charge in [0, 0.05) is 13.2 Å². The van der Waals surface area contributed by atoms with Gasteiger partial charge >= 0.3 is 0 Å². The van der Waals surface area contributed by atoms with Gasteiger partial charge in [0.05, 0.1) is 0 Å². The monoisotopic (exact) mass is 526 g/mol. The van der Waals surface area contributed by atoms with E-state index in [1.54, 1.807) is 0 Å². The molecule has 3 nitrogen and oxygen atoms in total. The van der Waals surface area contributed by atoms with Crippen LogP contribution in [0.4, 0.5) is 0 Å². The minimum absolute atomic E-state index is 0.366. The Hall–Kier alpha value is -0.120. The molecule has 0 aliphatic heterocycles. The van der Waals surface area contributed by atoms with Gasteiger partial charge in [-0.2, -0.15) is 0 Å². The van der Waals surface area contributed by atoms with Gasteiger partial charge in [0.25, 0.3) is 0 Å². The van der Waals surface area contributed by atoms with Gasteiger partial charge in [0.2, 0.25) is 0 Å². The second kappa shape index (κ2) is 33.9. The topological polar surface area (TPSA) is 43.7 Å². The summed E-state index contributed by atoms with van der Waals surface area (Å²) in [6.07, 6.45) is 38.0. The van der Waals surface area contributed by atoms with Gasteiger partial charge in [0.15, 0.2) is 0 Å². The molecule has 0 radical (unpaired) electrons. The summed E-state index contributed by atoms with van der Waals surface area (Å²) >= 11 is 0. The predicted octanol–water partition coefficient (Wildman–Crippen LogP) is 10.2. The van der Waals surface area contributed by atoms with Crippen LogP contribution in [-0.2, 0) is 0 Å². The Morgan fingerprint density at radius 3 is 0.757 bits per heavy atom. The van der Waals surface area contributed by atoms with E-state index in [1.165, 1.54) is 187 Å². The summed E-state index contributed by atoms with van der Waals surface area (Å²) in [5, 5.41) is 17.7. The summed E-state index contributed by atoms with van der Waals surface area (Å²) in [6.45, 7) is 7.03. The number of rotatable bonds is 33. The van der Waals surface area contributed by atoms with Gasteiger partial charge in [-0.25, -0.2) is 0 Å². The molecule has 0 amide bonds. The summed E-state index contributed by atoms with van der Waals surface area (Å²) in [5.74, 6) is 0. The van der Waals surface area contributed by atoms with Crippen molar-refractivity contribution in [2.75, 3.05) is 32.8 Å². The lowest BCUT2D eigenvalue weighted by Gasteiger charge is -2.22. The Balaban J connectivity index is 3.77. The van der Waals surface area contributed by atoms with Crippen LogP contribution in [0.2, 0.25) is 0 Å². The zero-order valence-electron chi connectivity index (χ0n) is 25.7. The van der Waals surface area contributed by atoms with Crippen molar-refractivity contribution in [3.8, 4) is 0 Å². The van der Waals surface area contributed by atoms with Crippen molar-refractivity contribution in [1.82, 2.24) is 4.90 Å². The molecule has 2 N–H and O–H groups in total. The number of hydrogen-bond donors (Lipinski definition) is 2. The molecular weight excluding hydrogens is 454 g/mol. The number of hydrogen-bond acceptors (Lipinski definition) is 3. The Labute approximate surface area is 234 Å². The molecular formula is C34H71NO2. The van der Waals surface area contributed by atoms with Gasteiger partial charge in [-0.15, -0.1) is 0 Å². The lowest BCUT2D eigenvalue weighted by atomic mass is 10.0. The Morgan fingerprint density at radius 2 is 0.514 bits per heavy atom. The van der Waals surface area contributed by atoms with Crippen molar-refractivity contribution in [3.05, 3.63) is 0 Å². The van der Waals surface area contributed by atoms with Crippen molar-refractivity contribution in [2.45, 2.75) is 187 Å². The van der Waals surface area contributed by atoms with Gasteiger partial charge < -0.3 is 15.1 Å². The first kappa shape index (κ1) is 36.9. The maximum Gasteiger partial charge on any atom is 0.0431 e. The fraction of sp³-hybridized carbons (Fsp3) is 1.00. The summed E-state index contributed by atoms with van der Waals surface area (Å²) in [4.78, 5) is 2.80. The van der Waals surface area contributed by atoms with E-state index in [-0.39, 0.29) is 0 Å². The normalized spacial score (nSPS) is 11.7. The minimum atomic E-state index is 0.366. The lowest BCUT2D eigenvalue weighted by Crippen LogP contribution is -2.27. The second-order valence-electron chi connectivity index (χ2n) is 11.8. The molecule has 3 heteroatoms. The third-order valence-corrected chi connectivity index (χ3v) is 8.09. The number of aliphatic hydroxyl groups is 2. The maximum absolute atomic E-state index is 8.84. The fourth-order valence-electron chi connectivity index (χ4n) is 5.53. The van der Waals surface area contributed by atoms with Crippen LogP contribution in [-0.4, -0.2) is 48.0 Å². The van der Waals surface area contributed by atoms with Crippen LogP contribution >= 0.6 is 0 Å². The van der Waals surface area contributed by atoms with Crippen LogP contribution in [0.3, 0.4) is 0 Å². The highest BCUT2D eigenvalue weighted by atomic mass is 16.3. The largest absolute Gasteiger partial charge is 0.396 e. The predicted molar refractivity (Wildman–Crippen MR) is 166 cm³/mol. The van der Waals surface area contributed by atoms with E-state index in [1.807, 2.05) is 0 Å². The zero-order valence-corrected chi connectivity index (χ0v) is 25.7. The fourth-order valence-corrected chi connectivity index (χ4v) is 5.53. The van der Waals surface area contributed by atoms with Gasteiger partial charge in [-0.3, -0.25) is 0 Å². The van der Waals surface area contributed by atoms with Crippen LogP contribution < -0.4 is 0 Å². The molecule has 224 valence electrons. The molecule has 0 spiro atoms. The standard InChI is InChI=1S/C34H71NO2/c1-2-3-4-5-20-25-30-35(31-26-21-16-12-8-6-10-14-18-23-28-33-36)32-27-22-17-13-9-7-11-15-19-24-29-34-37/h36-37H,2-34H2,1H3. The molecule has 0 unspecified atom stereocenters. The number of unbranched alkanes of at least 4 members (excludes halogenated alkanes) is 25. The number of aliphatic hydroxyl groups excluding tert-OH is 2. The highest BCUT2D eigenvalue weighted by Crippen LogP contribution is 2.14. The van der Waals surface area contributed by atoms with Gasteiger partial charge in [-0.05, 0) is 51.7 Å². The molecule has 0 saturated carbocycles. The Morgan fingerprint density at radius 1 is 0.297 bits per heavy atom. The van der Waals surface area contributed by atoms with Crippen LogP contribution in [0.15, 0.2) is 0 Å². The highest BCUT2D eigenvalue weighted by molar-refractivity contribution is 4.61. The minimum Gasteiger partial charge on any atom is -0.396 e. The molecule has 0 atom stereocenters. The van der Waals surface area contributed by atoms with Crippen LogP contribution in [0.5, 0.6) is 0 Å². The molecule has 0 rings (SSSR count). The molecule has 0 aromatic rings. The number of nitrogens with zero attached hydrogens (tertiary/aromatic N) is 1. The van der Waals surface area contributed by atoms with E-state index in [0.29, 0.717) is 13.2 Å². The third-order valence-electron chi connectivity index (χ3n) is 8.09. The molecule has 0 aliphatic rings.